The molecule has 0 spiro atoms. The monoisotopic (exact) mass is 400 g/mol. The van der Waals surface area contributed by atoms with Gasteiger partial charge in [0.1, 0.15) is 12.7 Å². The van der Waals surface area contributed by atoms with Crippen molar-refractivity contribution in [2.75, 3.05) is 37.7 Å². The lowest BCUT2D eigenvalue weighted by atomic mass is 10.0. The van der Waals surface area contributed by atoms with E-state index in [2.05, 4.69) is 10.2 Å². The first-order chi connectivity index (χ1) is 14.1. The fourth-order valence-corrected chi connectivity index (χ4v) is 3.20. The normalized spacial score (nSPS) is 16.1. The zero-order chi connectivity index (χ0) is 20.5. The summed E-state index contributed by atoms with van der Waals surface area (Å²) < 4.78 is 10.5. The Morgan fingerprint density at radius 3 is 2.62 bits per heavy atom. The minimum Gasteiger partial charge on any atom is -0.445 e. The number of rotatable bonds is 8. The van der Waals surface area contributed by atoms with Gasteiger partial charge in [0, 0.05) is 25.3 Å². The number of aliphatic hydroxyl groups is 2. The van der Waals surface area contributed by atoms with Crippen molar-refractivity contribution in [3.63, 3.8) is 0 Å². The molecule has 156 valence electrons. The van der Waals surface area contributed by atoms with E-state index in [4.69, 9.17) is 9.47 Å². The van der Waals surface area contributed by atoms with Crippen LogP contribution in [0.2, 0.25) is 0 Å². The van der Waals surface area contributed by atoms with Crippen LogP contribution in [0.5, 0.6) is 0 Å². The summed E-state index contributed by atoms with van der Waals surface area (Å²) >= 11 is 0. The maximum Gasteiger partial charge on any atom is 0.407 e. The van der Waals surface area contributed by atoms with E-state index in [-0.39, 0.29) is 19.6 Å². The zero-order valence-corrected chi connectivity index (χ0v) is 16.4. The number of nitrogens with one attached hydrogen (secondary N) is 1. The number of hydrogen-bond acceptors (Lipinski definition) is 6. The summed E-state index contributed by atoms with van der Waals surface area (Å²) in [6.45, 7) is 3.36. The van der Waals surface area contributed by atoms with E-state index >= 15 is 0 Å². The average Bonchev–Trinajstić information content (AvgIpc) is 2.78. The molecule has 1 saturated heterocycles. The molecule has 0 bridgehead atoms. The molecular formula is C22H28N2O5. The van der Waals surface area contributed by atoms with Crippen LogP contribution in [-0.4, -0.2) is 55.3 Å². The third-order valence-corrected chi connectivity index (χ3v) is 4.87. The third-order valence-electron chi connectivity index (χ3n) is 4.87. The van der Waals surface area contributed by atoms with Crippen molar-refractivity contribution >= 4 is 11.8 Å². The van der Waals surface area contributed by atoms with Gasteiger partial charge >= 0.3 is 6.09 Å². The highest BCUT2D eigenvalue weighted by Crippen LogP contribution is 2.24. The van der Waals surface area contributed by atoms with E-state index in [1.165, 1.54) is 0 Å². The first-order valence-electron chi connectivity index (χ1n) is 9.87. The van der Waals surface area contributed by atoms with Crippen molar-refractivity contribution in [1.82, 2.24) is 5.32 Å². The molecular weight excluding hydrogens is 372 g/mol. The Balaban J connectivity index is 1.43. The summed E-state index contributed by atoms with van der Waals surface area (Å²) in [7, 11) is 0. The smallest absolute Gasteiger partial charge is 0.407 e. The second-order valence-corrected chi connectivity index (χ2v) is 6.98. The number of carbonyl (C=O) groups is 1. The van der Waals surface area contributed by atoms with Gasteiger partial charge < -0.3 is 29.9 Å². The fraction of sp³-hybridized carbons (Fsp3) is 0.409. The quantitative estimate of drug-likeness (QED) is 0.630. The van der Waals surface area contributed by atoms with E-state index < -0.39 is 18.3 Å². The van der Waals surface area contributed by atoms with Crippen LogP contribution in [0.15, 0.2) is 54.6 Å². The lowest BCUT2D eigenvalue weighted by molar-refractivity contribution is 0.0136. The number of anilines is 1. The molecule has 2 aromatic rings. The summed E-state index contributed by atoms with van der Waals surface area (Å²) in [4.78, 5) is 14.0. The molecule has 3 N–H and O–H groups in total. The number of alkyl carbamates (subject to hydrolysis) is 1. The van der Waals surface area contributed by atoms with E-state index in [9.17, 15) is 15.0 Å². The molecule has 7 heteroatoms. The van der Waals surface area contributed by atoms with Gasteiger partial charge in [-0.1, -0.05) is 42.5 Å². The van der Waals surface area contributed by atoms with Crippen molar-refractivity contribution in [2.24, 2.45) is 0 Å². The summed E-state index contributed by atoms with van der Waals surface area (Å²) in [6, 6.07) is 16.9. The first kappa shape index (κ1) is 21.1. The van der Waals surface area contributed by atoms with Crippen molar-refractivity contribution in [2.45, 2.75) is 25.2 Å². The molecule has 1 amide bonds. The van der Waals surface area contributed by atoms with Gasteiger partial charge in [-0.3, -0.25) is 0 Å². The topological polar surface area (TPSA) is 91.3 Å². The van der Waals surface area contributed by atoms with Crippen molar-refractivity contribution in [3.8, 4) is 0 Å². The van der Waals surface area contributed by atoms with Crippen molar-refractivity contribution in [1.29, 1.82) is 0 Å². The van der Waals surface area contributed by atoms with Crippen LogP contribution in [0, 0.1) is 0 Å². The predicted molar refractivity (Wildman–Crippen MR) is 110 cm³/mol. The Labute approximate surface area is 170 Å². The van der Waals surface area contributed by atoms with Crippen LogP contribution >= 0.6 is 0 Å². The number of morpholine rings is 1. The largest absolute Gasteiger partial charge is 0.445 e. The minimum atomic E-state index is -1.03. The SMILES string of the molecule is O=C(NCCC(O)C(O)c1cccc(N2CCOCC2)c1)OCc1ccccc1. The van der Waals surface area contributed by atoms with Crippen molar-refractivity contribution in [3.05, 3.63) is 65.7 Å². The summed E-state index contributed by atoms with van der Waals surface area (Å²) in [6.07, 6.45) is -2.36. The number of ether oxygens (including phenoxy) is 2. The predicted octanol–water partition coefficient (Wildman–Crippen LogP) is 2.23. The van der Waals surface area contributed by atoms with Gasteiger partial charge in [0.15, 0.2) is 0 Å². The molecule has 2 aromatic carbocycles. The number of amides is 1. The third kappa shape index (κ3) is 6.45. The molecule has 0 saturated carbocycles. The minimum absolute atomic E-state index is 0.187. The molecule has 1 fully saturated rings. The molecule has 7 nitrogen and oxygen atoms in total. The van der Waals surface area contributed by atoms with Crippen LogP contribution in [0.1, 0.15) is 23.7 Å². The molecule has 2 atom stereocenters. The Morgan fingerprint density at radius 2 is 1.86 bits per heavy atom. The van der Waals surface area contributed by atoms with E-state index in [1.807, 2.05) is 48.5 Å². The Bertz CT molecular complexity index is 765. The van der Waals surface area contributed by atoms with E-state index in [1.54, 1.807) is 6.07 Å². The molecule has 29 heavy (non-hydrogen) atoms. The standard InChI is InChI=1S/C22H28N2O5/c25-20(9-10-23-22(27)29-16-17-5-2-1-3-6-17)21(26)18-7-4-8-19(15-18)24-11-13-28-14-12-24/h1-8,15,20-21,25-26H,9-14,16H2,(H,23,27). The van der Waals surface area contributed by atoms with Gasteiger partial charge in [-0.25, -0.2) is 4.79 Å². The summed E-state index contributed by atoms with van der Waals surface area (Å²) in [5.41, 5.74) is 2.55. The summed E-state index contributed by atoms with van der Waals surface area (Å²) in [5, 5.41) is 23.4. The van der Waals surface area contributed by atoms with Gasteiger partial charge in [-0.2, -0.15) is 0 Å². The number of nitrogens with zero attached hydrogens (tertiary/aromatic N) is 1. The highest BCUT2D eigenvalue weighted by atomic mass is 16.5. The van der Waals surface area contributed by atoms with Gasteiger partial charge in [0.25, 0.3) is 0 Å². The number of benzene rings is 2. The maximum atomic E-state index is 11.8. The molecule has 3 rings (SSSR count). The van der Waals surface area contributed by atoms with Gasteiger partial charge in [-0.15, -0.1) is 0 Å². The molecule has 1 aliphatic rings. The molecule has 0 aliphatic carbocycles. The molecule has 1 heterocycles. The van der Waals surface area contributed by atoms with Gasteiger partial charge in [0.2, 0.25) is 0 Å². The number of aliphatic hydroxyl groups excluding tert-OH is 2. The average molecular weight is 400 g/mol. The first-order valence-corrected chi connectivity index (χ1v) is 9.87. The van der Waals surface area contributed by atoms with Gasteiger partial charge in [-0.05, 0) is 29.7 Å². The van der Waals surface area contributed by atoms with Crippen LogP contribution < -0.4 is 10.2 Å². The Kier molecular flexibility index (Phi) is 7.86. The summed E-state index contributed by atoms with van der Waals surface area (Å²) in [5.74, 6) is 0. The van der Waals surface area contributed by atoms with Crippen molar-refractivity contribution < 1.29 is 24.5 Å². The number of hydrogen-bond donors (Lipinski definition) is 3. The highest BCUT2D eigenvalue weighted by Gasteiger charge is 2.20. The lowest BCUT2D eigenvalue weighted by Gasteiger charge is -2.29. The second-order valence-electron chi connectivity index (χ2n) is 6.98. The Hall–Kier alpha value is -2.61. The zero-order valence-electron chi connectivity index (χ0n) is 16.4. The van der Waals surface area contributed by atoms with Crippen LogP contribution in [-0.2, 0) is 16.1 Å². The fourth-order valence-electron chi connectivity index (χ4n) is 3.20. The molecule has 0 radical (unpaired) electrons. The second kappa shape index (κ2) is 10.8. The highest BCUT2D eigenvalue weighted by molar-refractivity contribution is 5.67. The van der Waals surface area contributed by atoms with Crippen LogP contribution in [0.3, 0.4) is 0 Å². The van der Waals surface area contributed by atoms with E-state index in [0.717, 1.165) is 24.3 Å². The molecule has 1 aliphatic heterocycles. The Morgan fingerprint density at radius 1 is 1.10 bits per heavy atom. The lowest BCUT2D eigenvalue weighted by Crippen LogP contribution is -2.36. The van der Waals surface area contributed by atoms with Gasteiger partial charge in [0.05, 0.1) is 19.3 Å². The number of carbonyl (C=O) groups excluding carboxylic acids is 1. The maximum absolute atomic E-state index is 11.8. The van der Waals surface area contributed by atoms with Crippen LogP contribution in [0.4, 0.5) is 10.5 Å². The molecule has 2 unspecified atom stereocenters. The van der Waals surface area contributed by atoms with E-state index in [0.29, 0.717) is 18.8 Å². The van der Waals surface area contributed by atoms with Crippen LogP contribution in [0.25, 0.3) is 0 Å². The molecule has 0 aromatic heterocycles.